The average molecular weight is 238 g/mol. The number of carboxylic acid groups (broad SMARTS) is 1. The summed E-state index contributed by atoms with van der Waals surface area (Å²) in [4.78, 5) is 11.2. The van der Waals surface area contributed by atoms with Crippen LogP contribution in [-0.4, -0.2) is 24.3 Å². The van der Waals surface area contributed by atoms with E-state index in [1.165, 1.54) is 19.2 Å². The fourth-order valence-electron chi connectivity index (χ4n) is 2.50. The standard InChI is InChI=1S/C13H15FO3/c1-8-3-4-9(14)7-10(8)13(5-6-13)11(17-2)12(15)16/h3-4,7,11H,5-6H2,1-2H3,(H,15,16). The topological polar surface area (TPSA) is 46.5 Å². The van der Waals surface area contributed by atoms with Crippen molar-refractivity contribution in [1.29, 1.82) is 0 Å². The number of benzene rings is 1. The SMILES string of the molecule is COC(C(=O)O)C1(c2cc(F)ccc2C)CC1. The lowest BCUT2D eigenvalue weighted by Gasteiger charge is -2.24. The van der Waals surface area contributed by atoms with Crippen molar-refractivity contribution in [3.05, 3.63) is 35.1 Å². The van der Waals surface area contributed by atoms with E-state index >= 15 is 0 Å². The highest BCUT2D eigenvalue weighted by Gasteiger charge is 2.55. The maximum Gasteiger partial charge on any atom is 0.333 e. The Balaban J connectivity index is 2.44. The van der Waals surface area contributed by atoms with E-state index in [0.717, 1.165) is 24.0 Å². The summed E-state index contributed by atoms with van der Waals surface area (Å²) >= 11 is 0. The van der Waals surface area contributed by atoms with E-state index in [-0.39, 0.29) is 5.82 Å². The minimum Gasteiger partial charge on any atom is -0.479 e. The van der Waals surface area contributed by atoms with E-state index in [2.05, 4.69) is 0 Å². The van der Waals surface area contributed by atoms with Gasteiger partial charge in [0, 0.05) is 12.5 Å². The Labute approximate surface area is 99.2 Å². The van der Waals surface area contributed by atoms with E-state index in [0.29, 0.717) is 0 Å². The first-order chi connectivity index (χ1) is 8.01. The number of rotatable bonds is 4. The second-order valence-corrected chi connectivity index (χ2v) is 4.57. The Morgan fingerprint density at radius 1 is 1.53 bits per heavy atom. The fourth-order valence-corrected chi connectivity index (χ4v) is 2.50. The monoisotopic (exact) mass is 238 g/mol. The number of methoxy groups -OCH3 is 1. The molecular formula is C13H15FO3. The van der Waals surface area contributed by atoms with Gasteiger partial charge in [0.15, 0.2) is 6.10 Å². The first-order valence-corrected chi connectivity index (χ1v) is 5.53. The normalized spacial score (nSPS) is 18.8. The maximum absolute atomic E-state index is 13.3. The lowest BCUT2D eigenvalue weighted by atomic mass is 9.86. The van der Waals surface area contributed by atoms with Crippen LogP contribution < -0.4 is 0 Å². The van der Waals surface area contributed by atoms with Gasteiger partial charge in [0.2, 0.25) is 0 Å². The van der Waals surface area contributed by atoms with Gasteiger partial charge in [-0.3, -0.25) is 0 Å². The van der Waals surface area contributed by atoms with Crippen molar-refractivity contribution < 1.29 is 19.0 Å². The van der Waals surface area contributed by atoms with Crippen LogP contribution in [0, 0.1) is 12.7 Å². The van der Waals surface area contributed by atoms with E-state index in [9.17, 15) is 9.18 Å². The van der Waals surface area contributed by atoms with E-state index < -0.39 is 17.5 Å². The van der Waals surface area contributed by atoms with Crippen molar-refractivity contribution in [2.45, 2.75) is 31.3 Å². The van der Waals surface area contributed by atoms with Gasteiger partial charge >= 0.3 is 5.97 Å². The van der Waals surface area contributed by atoms with Gasteiger partial charge in [-0.1, -0.05) is 6.07 Å². The molecule has 0 bridgehead atoms. The zero-order valence-corrected chi connectivity index (χ0v) is 9.87. The van der Waals surface area contributed by atoms with Gasteiger partial charge in [0.25, 0.3) is 0 Å². The van der Waals surface area contributed by atoms with Gasteiger partial charge in [-0.2, -0.15) is 0 Å². The first kappa shape index (κ1) is 12.0. The third kappa shape index (κ3) is 1.93. The summed E-state index contributed by atoms with van der Waals surface area (Å²) in [5.74, 6) is -1.33. The van der Waals surface area contributed by atoms with Crippen molar-refractivity contribution in [2.75, 3.05) is 7.11 Å². The van der Waals surface area contributed by atoms with Gasteiger partial charge in [-0.05, 0) is 43.0 Å². The first-order valence-electron chi connectivity index (χ1n) is 5.53. The Morgan fingerprint density at radius 2 is 2.18 bits per heavy atom. The van der Waals surface area contributed by atoms with Crippen LogP contribution in [0.4, 0.5) is 4.39 Å². The summed E-state index contributed by atoms with van der Waals surface area (Å²) in [6.07, 6.45) is 0.549. The molecular weight excluding hydrogens is 223 g/mol. The predicted octanol–water partition coefficient (Wildman–Crippen LogP) is 2.27. The number of ether oxygens (including phenoxy) is 1. The third-order valence-corrected chi connectivity index (χ3v) is 3.49. The molecule has 1 aromatic carbocycles. The maximum atomic E-state index is 13.3. The van der Waals surface area contributed by atoms with Gasteiger partial charge in [0.05, 0.1) is 0 Å². The van der Waals surface area contributed by atoms with Gasteiger partial charge < -0.3 is 9.84 Å². The number of aliphatic carboxylic acids is 1. The van der Waals surface area contributed by atoms with Crippen LogP contribution in [0.5, 0.6) is 0 Å². The summed E-state index contributed by atoms with van der Waals surface area (Å²) < 4.78 is 18.4. The Kier molecular flexibility index (Phi) is 2.91. The number of hydrogen-bond donors (Lipinski definition) is 1. The molecule has 0 saturated heterocycles. The molecule has 0 radical (unpaired) electrons. The number of carboxylic acids is 1. The van der Waals surface area contributed by atoms with Crippen molar-refractivity contribution in [1.82, 2.24) is 0 Å². The molecule has 0 spiro atoms. The second-order valence-electron chi connectivity index (χ2n) is 4.57. The summed E-state index contributed by atoms with van der Waals surface area (Å²) in [5.41, 5.74) is 1.12. The molecule has 92 valence electrons. The van der Waals surface area contributed by atoms with E-state index in [1.807, 2.05) is 6.92 Å². The molecule has 0 aliphatic heterocycles. The molecule has 1 saturated carbocycles. The predicted molar refractivity (Wildman–Crippen MR) is 60.5 cm³/mol. The van der Waals surface area contributed by atoms with Crippen molar-refractivity contribution >= 4 is 5.97 Å². The number of carbonyl (C=O) groups is 1. The van der Waals surface area contributed by atoms with Crippen LogP contribution >= 0.6 is 0 Å². The summed E-state index contributed by atoms with van der Waals surface area (Å²) in [6, 6.07) is 4.49. The molecule has 1 aromatic rings. The quantitative estimate of drug-likeness (QED) is 0.875. The molecule has 0 heterocycles. The molecule has 1 atom stereocenters. The number of halogens is 1. The zero-order chi connectivity index (χ0) is 12.6. The van der Waals surface area contributed by atoms with Gasteiger partial charge in [-0.25, -0.2) is 9.18 Å². The van der Waals surface area contributed by atoms with Crippen LogP contribution in [0.3, 0.4) is 0 Å². The third-order valence-electron chi connectivity index (χ3n) is 3.49. The summed E-state index contributed by atoms with van der Waals surface area (Å²) in [6.45, 7) is 1.86. The van der Waals surface area contributed by atoms with Crippen molar-refractivity contribution in [2.24, 2.45) is 0 Å². The molecule has 1 N–H and O–H groups in total. The lowest BCUT2D eigenvalue weighted by molar-refractivity contribution is -0.150. The number of hydrogen-bond acceptors (Lipinski definition) is 2. The van der Waals surface area contributed by atoms with E-state index in [1.54, 1.807) is 6.07 Å². The average Bonchev–Trinajstić information content (AvgIpc) is 3.03. The molecule has 3 nitrogen and oxygen atoms in total. The molecule has 1 aliphatic rings. The van der Waals surface area contributed by atoms with Crippen LogP contribution in [0.1, 0.15) is 24.0 Å². The van der Waals surface area contributed by atoms with Gasteiger partial charge in [0.1, 0.15) is 5.82 Å². The minimum absolute atomic E-state index is 0.336. The highest BCUT2D eigenvalue weighted by atomic mass is 19.1. The lowest BCUT2D eigenvalue weighted by Crippen LogP contribution is -2.36. The van der Waals surface area contributed by atoms with Crippen LogP contribution in [0.25, 0.3) is 0 Å². The Hall–Kier alpha value is -1.42. The molecule has 0 aromatic heterocycles. The van der Waals surface area contributed by atoms with Crippen LogP contribution in [-0.2, 0) is 14.9 Å². The highest BCUT2D eigenvalue weighted by molar-refractivity contribution is 5.76. The minimum atomic E-state index is -0.992. The highest BCUT2D eigenvalue weighted by Crippen LogP contribution is 2.53. The smallest absolute Gasteiger partial charge is 0.333 e. The summed E-state index contributed by atoms with van der Waals surface area (Å²) in [5, 5.41) is 9.15. The zero-order valence-electron chi connectivity index (χ0n) is 9.87. The molecule has 4 heteroatoms. The molecule has 1 fully saturated rings. The summed E-state index contributed by atoms with van der Waals surface area (Å²) in [7, 11) is 1.38. The van der Waals surface area contributed by atoms with Crippen LogP contribution in [0.15, 0.2) is 18.2 Å². The van der Waals surface area contributed by atoms with Crippen LogP contribution in [0.2, 0.25) is 0 Å². The number of aryl methyl sites for hydroxylation is 1. The molecule has 1 unspecified atom stereocenters. The van der Waals surface area contributed by atoms with Gasteiger partial charge in [-0.15, -0.1) is 0 Å². The largest absolute Gasteiger partial charge is 0.479 e. The van der Waals surface area contributed by atoms with Crippen molar-refractivity contribution in [3.8, 4) is 0 Å². The van der Waals surface area contributed by atoms with Crippen molar-refractivity contribution in [3.63, 3.8) is 0 Å². The Morgan fingerprint density at radius 3 is 2.65 bits per heavy atom. The second kappa shape index (κ2) is 4.11. The molecule has 0 amide bonds. The molecule has 1 aliphatic carbocycles. The molecule has 2 rings (SSSR count). The Bertz CT molecular complexity index is 452. The molecule has 17 heavy (non-hydrogen) atoms. The fraction of sp³-hybridized carbons (Fsp3) is 0.462. The van der Waals surface area contributed by atoms with E-state index in [4.69, 9.17) is 9.84 Å².